The molecule has 4 aromatic carbocycles. The topological polar surface area (TPSA) is 9.23 Å². The molecule has 0 spiro atoms. The Morgan fingerprint density at radius 1 is 0.690 bits per heavy atom. The van der Waals surface area contributed by atoms with Gasteiger partial charge in [0.05, 0.1) is 7.11 Å². The van der Waals surface area contributed by atoms with E-state index in [1.54, 1.807) is 17.5 Å². The molecule has 0 aromatic heterocycles. The maximum Gasteiger partial charge on any atom is 0.124 e. The molecule has 2 heteroatoms. The first-order chi connectivity index (χ1) is 14.0. The molecular weight excluding hydrogens is 368 g/mol. The average Bonchev–Trinajstić information content (AvgIpc) is 2.73. The standard InChI is InChI=1S/C27H28OSi/c1-17(2)29(18(3)4)25-11-7-6-9-21(25)24-15-19-13-14-20(28-5)16-23(19)22-10-8-12-26(29)27(22)24/h6-18H,1-5H3. The van der Waals surface area contributed by atoms with Gasteiger partial charge in [0.1, 0.15) is 13.8 Å². The first kappa shape index (κ1) is 18.4. The van der Waals surface area contributed by atoms with Crippen LogP contribution in [0.15, 0.2) is 66.7 Å². The molecule has 0 saturated heterocycles. The summed E-state index contributed by atoms with van der Waals surface area (Å²) in [6.07, 6.45) is 0. The highest BCUT2D eigenvalue weighted by atomic mass is 28.3. The van der Waals surface area contributed by atoms with E-state index in [0.717, 1.165) is 5.75 Å². The van der Waals surface area contributed by atoms with Crippen molar-refractivity contribution in [2.75, 3.05) is 7.11 Å². The van der Waals surface area contributed by atoms with Crippen molar-refractivity contribution in [3.8, 4) is 16.9 Å². The molecule has 0 unspecified atom stereocenters. The Morgan fingerprint density at radius 3 is 2.14 bits per heavy atom. The summed E-state index contributed by atoms with van der Waals surface area (Å²) in [5.41, 5.74) is 4.10. The molecule has 0 saturated carbocycles. The lowest BCUT2D eigenvalue weighted by Crippen LogP contribution is -2.64. The van der Waals surface area contributed by atoms with Gasteiger partial charge in [-0.2, -0.15) is 0 Å². The predicted octanol–water partition coefficient (Wildman–Crippen LogP) is 6.37. The highest BCUT2D eigenvalue weighted by Gasteiger charge is 2.48. The number of fused-ring (bicyclic) bond motifs is 4. The highest BCUT2D eigenvalue weighted by Crippen LogP contribution is 2.44. The van der Waals surface area contributed by atoms with Gasteiger partial charge in [-0.05, 0) is 72.3 Å². The molecule has 0 amide bonds. The lowest BCUT2D eigenvalue weighted by molar-refractivity contribution is 0.415. The van der Waals surface area contributed by atoms with Gasteiger partial charge in [-0.15, -0.1) is 0 Å². The van der Waals surface area contributed by atoms with Crippen molar-refractivity contribution in [3.05, 3.63) is 66.7 Å². The second-order valence-electron chi connectivity index (χ2n) is 8.96. The Kier molecular flexibility index (Phi) is 4.11. The Morgan fingerprint density at radius 2 is 1.41 bits per heavy atom. The molecule has 4 aromatic rings. The molecule has 5 rings (SSSR count). The van der Waals surface area contributed by atoms with Crippen LogP contribution in [-0.2, 0) is 0 Å². The first-order valence-electron chi connectivity index (χ1n) is 10.6. The monoisotopic (exact) mass is 396 g/mol. The van der Waals surface area contributed by atoms with E-state index < -0.39 is 8.07 Å². The zero-order valence-electron chi connectivity index (χ0n) is 17.9. The van der Waals surface area contributed by atoms with Gasteiger partial charge in [-0.1, -0.05) is 76.2 Å². The van der Waals surface area contributed by atoms with Gasteiger partial charge in [-0.3, -0.25) is 0 Å². The Hall–Kier alpha value is -2.58. The minimum Gasteiger partial charge on any atom is -0.497 e. The zero-order valence-corrected chi connectivity index (χ0v) is 18.9. The van der Waals surface area contributed by atoms with Gasteiger partial charge in [0.15, 0.2) is 0 Å². The summed E-state index contributed by atoms with van der Waals surface area (Å²) in [5, 5.41) is 8.63. The van der Waals surface area contributed by atoms with Crippen LogP contribution < -0.4 is 15.1 Å². The van der Waals surface area contributed by atoms with Crippen molar-refractivity contribution in [2.24, 2.45) is 0 Å². The molecular formula is C27H28OSi. The second-order valence-corrected chi connectivity index (χ2v) is 14.1. The highest BCUT2D eigenvalue weighted by molar-refractivity contribution is 7.06. The van der Waals surface area contributed by atoms with E-state index >= 15 is 0 Å². The molecule has 0 aliphatic carbocycles. The summed E-state index contributed by atoms with van der Waals surface area (Å²) in [4.78, 5) is 0. The van der Waals surface area contributed by atoms with Crippen molar-refractivity contribution < 1.29 is 4.74 Å². The lowest BCUT2D eigenvalue weighted by Gasteiger charge is -2.45. The van der Waals surface area contributed by atoms with Crippen LogP contribution in [0.2, 0.25) is 11.1 Å². The SMILES string of the molecule is COc1ccc2cc3c4c(cccc4c2c1)[Si](C(C)C)(C(C)C)c1ccccc1-3. The van der Waals surface area contributed by atoms with Gasteiger partial charge in [0.25, 0.3) is 0 Å². The van der Waals surface area contributed by atoms with Crippen molar-refractivity contribution >= 4 is 40.0 Å². The zero-order chi connectivity index (χ0) is 20.3. The molecule has 0 bridgehead atoms. The molecule has 0 N–H and O–H groups in total. The molecule has 1 heterocycles. The molecule has 0 radical (unpaired) electrons. The van der Waals surface area contributed by atoms with E-state index in [-0.39, 0.29) is 0 Å². The summed E-state index contributed by atoms with van der Waals surface area (Å²) < 4.78 is 5.55. The third kappa shape index (κ3) is 2.33. The predicted molar refractivity (Wildman–Crippen MR) is 129 cm³/mol. The van der Waals surface area contributed by atoms with E-state index in [0.29, 0.717) is 11.1 Å². The van der Waals surface area contributed by atoms with Crippen molar-refractivity contribution in [2.45, 2.75) is 38.8 Å². The summed E-state index contributed by atoms with van der Waals surface area (Å²) >= 11 is 0. The normalized spacial score (nSPS) is 14.6. The first-order valence-corrected chi connectivity index (χ1v) is 12.8. The third-order valence-electron chi connectivity index (χ3n) is 7.11. The summed E-state index contributed by atoms with van der Waals surface area (Å²) in [6, 6.07) is 25.1. The van der Waals surface area contributed by atoms with Gasteiger partial charge in [0, 0.05) is 0 Å². The quantitative estimate of drug-likeness (QED) is 0.289. The van der Waals surface area contributed by atoms with E-state index in [9.17, 15) is 0 Å². The third-order valence-corrected chi connectivity index (χ3v) is 13.4. The van der Waals surface area contributed by atoms with Crippen molar-refractivity contribution in [1.29, 1.82) is 0 Å². The molecule has 1 aliphatic rings. The van der Waals surface area contributed by atoms with Gasteiger partial charge in [0.2, 0.25) is 0 Å². The van der Waals surface area contributed by atoms with Gasteiger partial charge in [-0.25, -0.2) is 0 Å². The van der Waals surface area contributed by atoms with E-state index in [2.05, 4.69) is 94.4 Å². The minimum absolute atomic E-state index is 0.628. The molecule has 0 fully saturated rings. The average molecular weight is 397 g/mol. The largest absolute Gasteiger partial charge is 0.497 e. The molecule has 146 valence electrons. The van der Waals surface area contributed by atoms with Crippen LogP contribution in [-0.4, -0.2) is 15.2 Å². The fourth-order valence-electron chi connectivity index (χ4n) is 6.01. The maximum absolute atomic E-state index is 5.55. The summed E-state index contributed by atoms with van der Waals surface area (Å²) in [5.74, 6) is 0.922. The van der Waals surface area contributed by atoms with Crippen LogP contribution in [0.1, 0.15) is 27.7 Å². The van der Waals surface area contributed by atoms with Crippen LogP contribution in [0.5, 0.6) is 5.75 Å². The second kappa shape index (κ2) is 6.46. The number of ether oxygens (including phenoxy) is 1. The molecule has 0 atom stereocenters. The summed E-state index contributed by atoms with van der Waals surface area (Å²) in [7, 11) is -0.202. The Balaban J connectivity index is 2.05. The lowest BCUT2D eigenvalue weighted by atomic mass is 9.92. The van der Waals surface area contributed by atoms with Gasteiger partial charge < -0.3 is 4.74 Å². The van der Waals surface area contributed by atoms with Gasteiger partial charge >= 0.3 is 0 Å². The fourth-order valence-corrected chi connectivity index (χ4v) is 12.2. The minimum atomic E-state index is -1.95. The summed E-state index contributed by atoms with van der Waals surface area (Å²) in [6.45, 7) is 9.77. The smallest absolute Gasteiger partial charge is 0.124 e. The number of rotatable bonds is 3. The molecule has 1 aliphatic heterocycles. The molecule has 29 heavy (non-hydrogen) atoms. The molecule has 1 nitrogen and oxygen atoms in total. The van der Waals surface area contributed by atoms with Crippen LogP contribution >= 0.6 is 0 Å². The van der Waals surface area contributed by atoms with Crippen molar-refractivity contribution in [3.63, 3.8) is 0 Å². The number of hydrogen-bond donors (Lipinski definition) is 0. The maximum atomic E-state index is 5.55. The number of methoxy groups -OCH3 is 1. The Bertz CT molecular complexity index is 1240. The number of hydrogen-bond acceptors (Lipinski definition) is 1. The Labute approximate surface area is 174 Å². The van der Waals surface area contributed by atoms with Crippen LogP contribution in [0.3, 0.4) is 0 Å². The van der Waals surface area contributed by atoms with E-state index in [1.807, 2.05) is 0 Å². The van der Waals surface area contributed by atoms with Crippen LogP contribution in [0.25, 0.3) is 32.7 Å². The van der Waals surface area contributed by atoms with E-state index in [4.69, 9.17) is 4.74 Å². The number of benzene rings is 4. The van der Waals surface area contributed by atoms with Crippen molar-refractivity contribution in [1.82, 2.24) is 0 Å². The van der Waals surface area contributed by atoms with E-state index in [1.165, 1.54) is 32.7 Å². The van der Waals surface area contributed by atoms with Crippen LogP contribution in [0.4, 0.5) is 0 Å². The fraction of sp³-hybridized carbons (Fsp3) is 0.259. The van der Waals surface area contributed by atoms with Crippen LogP contribution in [0, 0.1) is 0 Å².